The van der Waals surface area contributed by atoms with E-state index in [0.29, 0.717) is 0 Å². The summed E-state index contributed by atoms with van der Waals surface area (Å²) in [5.74, 6) is 0.0417. The van der Waals surface area contributed by atoms with Crippen molar-refractivity contribution in [3.8, 4) is 0 Å². The molecule has 1 heterocycles. The van der Waals surface area contributed by atoms with Gasteiger partial charge in [-0.3, -0.25) is 9.69 Å². The Kier molecular flexibility index (Phi) is 5.85. The third kappa shape index (κ3) is 5.10. The van der Waals surface area contributed by atoms with Gasteiger partial charge >= 0.3 is 0 Å². The molecule has 1 aliphatic rings. The van der Waals surface area contributed by atoms with E-state index in [0.717, 1.165) is 38.4 Å². The van der Waals surface area contributed by atoms with Crippen molar-refractivity contribution >= 4 is 17.3 Å². The summed E-state index contributed by atoms with van der Waals surface area (Å²) < 4.78 is 0. The number of benzene rings is 2. The van der Waals surface area contributed by atoms with Crippen LogP contribution in [0.2, 0.25) is 0 Å². The van der Waals surface area contributed by atoms with E-state index in [2.05, 4.69) is 58.4 Å². The average molecular weight is 366 g/mol. The first-order valence-electron chi connectivity index (χ1n) is 9.76. The van der Waals surface area contributed by atoms with Crippen molar-refractivity contribution in [1.29, 1.82) is 0 Å². The second-order valence-electron chi connectivity index (χ2n) is 8.44. The number of rotatable bonds is 4. The fraction of sp³-hybridized carbons (Fsp3) is 0.435. The smallest absolute Gasteiger partial charge is 0.229 e. The summed E-state index contributed by atoms with van der Waals surface area (Å²) in [5, 5.41) is 2.99. The molecule has 1 saturated heterocycles. The van der Waals surface area contributed by atoms with Crippen LogP contribution in [-0.4, -0.2) is 37.0 Å². The molecule has 0 aliphatic carbocycles. The molecule has 27 heavy (non-hydrogen) atoms. The van der Waals surface area contributed by atoms with E-state index >= 15 is 0 Å². The number of carbonyl (C=O) groups excluding carboxylic acids is 1. The van der Waals surface area contributed by atoms with E-state index in [4.69, 9.17) is 0 Å². The summed E-state index contributed by atoms with van der Waals surface area (Å²) >= 11 is 0. The van der Waals surface area contributed by atoms with Crippen molar-refractivity contribution in [1.82, 2.24) is 4.90 Å². The lowest BCUT2D eigenvalue weighted by Gasteiger charge is -2.36. The van der Waals surface area contributed by atoms with Crippen LogP contribution in [0.1, 0.15) is 31.9 Å². The SMILES string of the molecule is Cc1ccccc1CN1CCN(c2ccc(NC(=O)C(C)(C)C)cc2)CC1. The molecule has 4 heteroatoms. The van der Waals surface area contributed by atoms with Crippen LogP contribution < -0.4 is 10.2 Å². The first-order valence-corrected chi connectivity index (χ1v) is 9.76. The van der Waals surface area contributed by atoms with Crippen molar-refractivity contribution in [3.63, 3.8) is 0 Å². The molecule has 1 N–H and O–H groups in total. The van der Waals surface area contributed by atoms with Crippen LogP contribution in [0.3, 0.4) is 0 Å². The fourth-order valence-electron chi connectivity index (χ4n) is 3.27. The molecule has 1 amide bonds. The van der Waals surface area contributed by atoms with Crippen molar-refractivity contribution < 1.29 is 4.79 Å². The largest absolute Gasteiger partial charge is 0.369 e. The van der Waals surface area contributed by atoms with Gasteiger partial charge in [0, 0.05) is 49.5 Å². The van der Waals surface area contributed by atoms with Gasteiger partial charge in [0.1, 0.15) is 0 Å². The Balaban J connectivity index is 1.54. The topological polar surface area (TPSA) is 35.6 Å². The minimum atomic E-state index is -0.383. The Morgan fingerprint density at radius 1 is 0.963 bits per heavy atom. The lowest BCUT2D eigenvalue weighted by Crippen LogP contribution is -2.46. The molecule has 1 aliphatic heterocycles. The number of carbonyl (C=O) groups is 1. The molecule has 0 aromatic heterocycles. The zero-order chi connectivity index (χ0) is 19.4. The Morgan fingerprint density at radius 3 is 2.19 bits per heavy atom. The van der Waals surface area contributed by atoms with Crippen LogP contribution in [0.25, 0.3) is 0 Å². The number of hydrogen-bond donors (Lipinski definition) is 1. The van der Waals surface area contributed by atoms with Crippen molar-refractivity contribution in [2.45, 2.75) is 34.2 Å². The molecule has 0 saturated carbocycles. The third-order valence-corrected chi connectivity index (χ3v) is 5.20. The molecule has 0 unspecified atom stereocenters. The third-order valence-electron chi connectivity index (χ3n) is 5.20. The molecule has 2 aromatic carbocycles. The lowest BCUT2D eigenvalue weighted by atomic mass is 9.95. The van der Waals surface area contributed by atoms with Crippen molar-refractivity contribution in [2.24, 2.45) is 5.41 Å². The van der Waals surface area contributed by atoms with Crippen LogP contribution in [0.15, 0.2) is 48.5 Å². The van der Waals surface area contributed by atoms with Gasteiger partial charge < -0.3 is 10.2 Å². The van der Waals surface area contributed by atoms with Crippen LogP contribution in [-0.2, 0) is 11.3 Å². The zero-order valence-electron chi connectivity index (χ0n) is 17.0. The molecule has 4 nitrogen and oxygen atoms in total. The Hall–Kier alpha value is -2.33. The fourth-order valence-corrected chi connectivity index (χ4v) is 3.27. The highest BCUT2D eigenvalue weighted by atomic mass is 16.2. The van der Waals surface area contributed by atoms with Crippen molar-refractivity contribution in [2.75, 3.05) is 36.4 Å². The maximum Gasteiger partial charge on any atom is 0.229 e. The highest BCUT2D eigenvalue weighted by Crippen LogP contribution is 2.22. The molecule has 0 bridgehead atoms. The van der Waals surface area contributed by atoms with Gasteiger partial charge in [0.25, 0.3) is 0 Å². The number of aryl methyl sites for hydroxylation is 1. The molecule has 1 fully saturated rings. The molecular weight excluding hydrogens is 334 g/mol. The lowest BCUT2D eigenvalue weighted by molar-refractivity contribution is -0.123. The summed E-state index contributed by atoms with van der Waals surface area (Å²) in [6, 6.07) is 16.8. The van der Waals surface area contributed by atoms with Gasteiger partial charge in [-0.1, -0.05) is 45.0 Å². The first kappa shape index (κ1) is 19.4. The van der Waals surface area contributed by atoms with Crippen LogP contribution >= 0.6 is 0 Å². The summed E-state index contributed by atoms with van der Waals surface area (Å²) in [4.78, 5) is 17.0. The highest BCUT2D eigenvalue weighted by molar-refractivity contribution is 5.94. The molecule has 144 valence electrons. The minimum absolute atomic E-state index is 0.0417. The quantitative estimate of drug-likeness (QED) is 0.877. The van der Waals surface area contributed by atoms with Gasteiger partial charge in [0.05, 0.1) is 0 Å². The predicted octanol–water partition coefficient (Wildman–Crippen LogP) is 4.30. The molecule has 0 radical (unpaired) electrons. The van der Waals surface area contributed by atoms with Crippen LogP contribution in [0, 0.1) is 12.3 Å². The molecule has 3 rings (SSSR count). The maximum absolute atomic E-state index is 12.1. The summed E-state index contributed by atoms with van der Waals surface area (Å²) in [6.07, 6.45) is 0. The van der Waals surface area contributed by atoms with Crippen molar-refractivity contribution in [3.05, 3.63) is 59.7 Å². The predicted molar refractivity (Wildman–Crippen MR) is 113 cm³/mol. The van der Waals surface area contributed by atoms with E-state index in [-0.39, 0.29) is 11.3 Å². The number of anilines is 2. The zero-order valence-corrected chi connectivity index (χ0v) is 17.0. The number of hydrogen-bond acceptors (Lipinski definition) is 3. The van der Waals surface area contributed by atoms with Gasteiger partial charge in [0.15, 0.2) is 0 Å². The number of piperazine rings is 1. The second-order valence-corrected chi connectivity index (χ2v) is 8.44. The van der Waals surface area contributed by atoms with Crippen LogP contribution in [0.5, 0.6) is 0 Å². The summed E-state index contributed by atoms with van der Waals surface area (Å²) in [5.41, 5.74) is 4.49. The van der Waals surface area contributed by atoms with E-state index in [1.54, 1.807) is 0 Å². The van der Waals surface area contributed by atoms with Gasteiger partial charge in [-0.15, -0.1) is 0 Å². The van der Waals surface area contributed by atoms with Gasteiger partial charge in [-0.2, -0.15) is 0 Å². The Bertz CT molecular complexity index is 769. The Morgan fingerprint density at radius 2 is 1.59 bits per heavy atom. The normalized spacial score (nSPS) is 15.6. The first-order chi connectivity index (χ1) is 12.8. The highest BCUT2D eigenvalue weighted by Gasteiger charge is 2.21. The number of nitrogens with zero attached hydrogens (tertiary/aromatic N) is 2. The number of nitrogens with one attached hydrogen (secondary N) is 1. The maximum atomic E-state index is 12.1. The molecule has 0 spiro atoms. The molecule has 2 aromatic rings. The minimum Gasteiger partial charge on any atom is -0.369 e. The monoisotopic (exact) mass is 365 g/mol. The number of amides is 1. The second kappa shape index (κ2) is 8.13. The molecule has 0 atom stereocenters. The van der Waals surface area contributed by atoms with Gasteiger partial charge in [-0.25, -0.2) is 0 Å². The molecular formula is C23H31N3O. The van der Waals surface area contributed by atoms with E-state index in [9.17, 15) is 4.79 Å². The van der Waals surface area contributed by atoms with Crippen LogP contribution in [0.4, 0.5) is 11.4 Å². The standard InChI is InChI=1S/C23H31N3O/c1-18-7-5-6-8-19(18)17-25-13-15-26(16-14-25)21-11-9-20(10-12-21)24-22(27)23(2,3)4/h5-12H,13-17H2,1-4H3,(H,24,27). The average Bonchev–Trinajstić information content (AvgIpc) is 2.64. The summed E-state index contributed by atoms with van der Waals surface area (Å²) in [6.45, 7) is 13.2. The van der Waals surface area contributed by atoms with Gasteiger partial charge in [-0.05, 0) is 42.3 Å². The van der Waals surface area contributed by atoms with Gasteiger partial charge in [0.2, 0.25) is 5.91 Å². The van der Waals surface area contributed by atoms with E-state index < -0.39 is 0 Å². The van der Waals surface area contributed by atoms with E-state index in [1.165, 1.54) is 16.8 Å². The van der Waals surface area contributed by atoms with E-state index in [1.807, 2.05) is 32.9 Å². The Labute approximate surface area is 163 Å². The summed E-state index contributed by atoms with van der Waals surface area (Å²) in [7, 11) is 0.